The molecule has 2 aliphatic rings. The molecule has 1 fully saturated rings. The molecule has 0 atom stereocenters. The molecule has 1 saturated heterocycles. The lowest BCUT2D eigenvalue weighted by atomic mass is 10.3. The Hall–Kier alpha value is -2.78. The number of nitrogens with zero attached hydrogens (tertiary/aromatic N) is 2. The molecule has 2 aliphatic heterocycles. The van der Waals surface area contributed by atoms with Gasteiger partial charge in [0, 0.05) is 10.6 Å². The van der Waals surface area contributed by atoms with Crippen molar-refractivity contribution in [2.24, 2.45) is 4.99 Å². The van der Waals surface area contributed by atoms with E-state index in [0.29, 0.717) is 10.9 Å². The van der Waals surface area contributed by atoms with Gasteiger partial charge in [-0.25, -0.2) is 4.79 Å². The maximum Gasteiger partial charge on any atom is 0.334 e. The fourth-order valence-corrected chi connectivity index (χ4v) is 3.65. The van der Waals surface area contributed by atoms with Crippen LogP contribution in [0.4, 0.5) is 10.5 Å². The molecule has 0 bridgehead atoms. The molecule has 4 rings (SSSR count). The number of para-hydroxylation sites is 1. The predicted molar refractivity (Wildman–Crippen MR) is 108 cm³/mol. The summed E-state index contributed by atoms with van der Waals surface area (Å²) in [4.78, 5) is 37.6. The molecule has 4 amide bonds. The number of hydrogen-bond donors (Lipinski definition) is 2. The fraction of sp³-hybridized carbons (Fsp3) is 0.111. The summed E-state index contributed by atoms with van der Waals surface area (Å²) >= 11 is 2.70. The van der Waals surface area contributed by atoms with Crippen molar-refractivity contribution in [1.29, 1.82) is 0 Å². The highest BCUT2D eigenvalue weighted by molar-refractivity contribution is 8.15. The molecular weight excluding hydrogens is 384 g/mol. The maximum absolute atomic E-state index is 11.2. The fourth-order valence-electron chi connectivity index (χ4n) is 2.12. The van der Waals surface area contributed by atoms with Gasteiger partial charge < -0.3 is 5.32 Å². The average molecular weight is 400 g/mol. The Kier molecular flexibility index (Phi) is 6.50. The SMILES string of the molecule is O=C1CN(Sc2ccccc2)C(=O)N1.O=C1CSC(Nc2ccccc2)=N1. The molecule has 138 valence electrons. The van der Waals surface area contributed by atoms with Gasteiger partial charge in [-0.15, -0.1) is 0 Å². The second-order valence-corrected chi connectivity index (χ2v) is 7.44. The predicted octanol–water partition coefficient (Wildman–Crippen LogP) is 2.97. The van der Waals surface area contributed by atoms with Crippen molar-refractivity contribution >= 4 is 52.4 Å². The molecule has 2 aromatic carbocycles. The van der Waals surface area contributed by atoms with E-state index in [1.807, 2.05) is 60.7 Å². The van der Waals surface area contributed by atoms with Gasteiger partial charge in [-0.1, -0.05) is 48.2 Å². The van der Waals surface area contributed by atoms with Crippen molar-refractivity contribution in [3.8, 4) is 0 Å². The van der Waals surface area contributed by atoms with Crippen molar-refractivity contribution in [1.82, 2.24) is 9.62 Å². The molecule has 0 unspecified atom stereocenters. The Morgan fingerprint density at radius 2 is 1.67 bits per heavy atom. The third-order valence-electron chi connectivity index (χ3n) is 3.30. The van der Waals surface area contributed by atoms with Crippen molar-refractivity contribution < 1.29 is 14.4 Å². The van der Waals surface area contributed by atoms with Gasteiger partial charge in [0.15, 0.2) is 5.17 Å². The topological polar surface area (TPSA) is 90.9 Å². The van der Waals surface area contributed by atoms with Gasteiger partial charge >= 0.3 is 6.03 Å². The summed E-state index contributed by atoms with van der Waals surface area (Å²) < 4.78 is 1.40. The molecule has 0 aromatic heterocycles. The van der Waals surface area contributed by atoms with Gasteiger partial charge in [0.25, 0.3) is 5.91 Å². The van der Waals surface area contributed by atoms with Crippen LogP contribution in [0.15, 0.2) is 70.6 Å². The zero-order chi connectivity index (χ0) is 19.1. The summed E-state index contributed by atoms with van der Waals surface area (Å²) in [6.45, 7) is 0.123. The van der Waals surface area contributed by atoms with Gasteiger partial charge in [0.2, 0.25) is 5.91 Å². The second kappa shape index (κ2) is 9.24. The highest BCUT2D eigenvalue weighted by Crippen LogP contribution is 2.23. The van der Waals surface area contributed by atoms with E-state index in [4.69, 9.17) is 0 Å². The Bertz CT molecular complexity index is 859. The third kappa shape index (κ3) is 5.87. The van der Waals surface area contributed by atoms with Crippen molar-refractivity contribution in [3.63, 3.8) is 0 Å². The lowest BCUT2D eigenvalue weighted by molar-refractivity contribution is -0.118. The summed E-state index contributed by atoms with van der Waals surface area (Å²) in [6, 6.07) is 18.8. The van der Waals surface area contributed by atoms with E-state index in [9.17, 15) is 14.4 Å². The van der Waals surface area contributed by atoms with Crippen LogP contribution in [-0.4, -0.2) is 39.6 Å². The van der Waals surface area contributed by atoms with Gasteiger partial charge in [-0.3, -0.25) is 19.2 Å². The number of thioether (sulfide) groups is 1. The number of amides is 4. The van der Waals surface area contributed by atoms with Crippen LogP contribution in [-0.2, 0) is 9.59 Å². The van der Waals surface area contributed by atoms with Crippen LogP contribution < -0.4 is 10.6 Å². The highest BCUT2D eigenvalue weighted by Gasteiger charge is 2.27. The Labute approximate surface area is 164 Å². The Morgan fingerprint density at radius 3 is 2.22 bits per heavy atom. The first-order valence-electron chi connectivity index (χ1n) is 8.01. The molecule has 0 spiro atoms. The van der Waals surface area contributed by atoms with Crippen molar-refractivity contribution in [2.75, 3.05) is 17.6 Å². The molecule has 0 radical (unpaired) electrons. The molecule has 7 nitrogen and oxygen atoms in total. The molecule has 2 aromatic rings. The number of rotatable bonds is 3. The quantitative estimate of drug-likeness (QED) is 0.608. The number of aliphatic imine (C=N–C) groups is 1. The molecule has 9 heteroatoms. The Morgan fingerprint density at radius 1 is 1.00 bits per heavy atom. The smallest absolute Gasteiger partial charge is 0.334 e. The standard InChI is InChI=1S/C9H8N2O2S.C9H8N2OS/c12-8-6-11(9(13)10-8)14-7-4-2-1-3-5-7;12-8-6-13-9(11-8)10-7-4-2-1-3-5-7/h1-5H,6H2,(H,10,12,13);1-5H,6H2,(H,10,11,12). The van der Waals surface area contributed by atoms with Crippen LogP contribution in [0, 0.1) is 0 Å². The van der Waals surface area contributed by atoms with Gasteiger partial charge in [-0.05, 0) is 36.2 Å². The molecule has 0 aliphatic carbocycles. The van der Waals surface area contributed by atoms with E-state index in [2.05, 4.69) is 15.6 Å². The van der Waals surface area contributed by atoms with Crippen molar-refractivity contribution in [3.05, 3.63) is 60.7 Å². The summed E-state index contributed by atoms with van der Waals surface area (Å²) in [6.07, 6.45) is 0. The number of nitrogens with one attached hydrogen (secondary N) is 2. The minimum absolute atomic E-state index is 0.0663. The zero-order valence-electron chi connectivity index (χ0n) is 14.1. The number of urea groups is 1. The lowest BCUT2D eigenvalue weighted by Crippen LogP contribution is -2.22. The summed E-state index contributed by atoms with van der Waals surface area (Å²) in [5, 5.41) is 5.97. The van der Waals surface area contributed by atoms with E-state index in [1.54, 1.807) is 0 Å². The van der Waals surface area contributed by atoms with E-state index < -0.39 is 0 Å². The monoisotopic (exact) mass is 400 g/mol. The van der Waals surface area contributed by atoms with E-state index in [-0.39, 0.29) is 24.4 Å². The molecule has 2 heterocycles. The third-order valence-corrected chi connectivity index (χ3v) is 5.16. The largest absolute Gasteiger partial charge is 0.335 e. The number of hydrogen-bond acceptors (Lipinski definition) is 6. The Balaban J connectivity index is 0.000000156. The maximum atomic E-state index is 11.2. The summed E-state index contributed by atoms with van der Waals surface area (Å²) in [5.74, 6) is 0.136. The number of imide groups is 1. The van der Waals surface area contributed by atoms with Crippen LogP contribution in [0.2, 0.25) is 0 Å². The van der Waals surface area contributed by atoms with Crippen molar-refractivity contribution in [2.45, 2.75) is 4.90 Å². The highest BCUT2D eigenvalue weighted by atomic mass is 32.2. The number of carbonyl (C=O) groups excluding carboxylic acids is 3. The number of amidine groups is 1. The van der Waals surface area contributed by atoms with E-state index in [0.717, 1.165) is 10.6 Å². The lowest BCUT2D eigenvalue weighted by Gasteiger charge is -2.10. The average Bonchev–Trinajstić information content (AvgIpc) is 3.22. The molecule has 27 heavy (non-hydrogen) atoms. The first kappa shape index (κ1) is 19.0. The minimum Gasteiger partial charge on any atom is -0.335 e. The first-order chi connectivity index (χ1) is 13.1. The van der Waals surface area contributed by atoms with E-state index in [1.165, 1.54) is 28.0 Å². The van der Waals surface area contributed by atoms with Crippen LogP contribution in [0.3, 0.4) is 0 Å². The number of benzene rings is 2. The van der Waals surface area contributed by atoms with E-state index >= 15 is 0 Å². The van der Waals surface area contributed by atoms with Gasteiger partial charge in [0.05, 0.1) is 5.75 Å². The molecular formula is C18H16N4O3S2. The zero-order valence-corrected chi connectivity index (χ0v) is 15.8. The summed E-state index contributed by atoms with van der Waals surface area (Å²) in [7, 11) is 0. The molecule has 0 saturated carbocycles. The molecule has 2 N–H and O–H groups in total. The van der Waals surface area contributed by atoms with Crippen LogP contribution in [0.1, 0.15) is 0 Å². The van der Waals surface area contributed by atoms with Crippen LogP contribution in [0.5, 0.6) is 0 Å². The normalized spacial score (nSPS) is 15.8. The van der Waals surface area contributed by atoms with Gasteiger partial charge in [-0.2, -0.15) is 4.99 Å². The van der Waals surface area contributed by atoms with Crippen LogP contribution >= 0.6 is 23.7 Å². The number of carbonyl (C=O) groups is 3. The van der Waals surface area contributed by atoms with Gasteiger partial charge in [0.1, 0.15) is 6.54 Å². The number of anilines is 1. The summed E-state index contributed by atoms with van der Waals surface area (Å²) in [5.41, 5.74) is 0.962. The second-order valence-electron chi connectivity index (χ2n) is 5.38. The first-order valence-corrected chi connectivity index (χ1v) is 9.77. The van der Waals surface area contributed by atoms with Crippen LogP contribution in [0.25, 0.3) is 0 Å². The minimum atomic E-state index is -0.344.